The zero-order valence-electron chi connectivity index (χ0n) is 13.7. The lowest BCUT2D eigenvalue weighted by Gasteiger charge is -2.39. The summed E-state index contributed by atoms with van der Waals surface area (Å²) in [6.45, 7) is 2.11. The molecule has 24 heavy (non-hydrogen) atoms. The summed E-state index contributed by atoms with van der Waals surface area (Å²) in [5.41, 5.74) is 4.65. The predicted octanol–water partition coefficient (Wildman–Crippen LogP) is 5.19. The van der Waals surface area contributed by atoms with Crippen LogP contribution in [0.15, 0.2) is 42.5 Å². The van der Waals surface area contributed by atoms with E-state index in [-0.39, 0.29) is 11.8 Å². The van der Waals surface area contributed by atoms with Gasteiger partial charge in [-0.3, -0.25) is 0 Å². The van der Waals surface area contributed by atoms with Gasteiger partial charge in [0.15, 0.2) is 11.5 Å². The lowest BCUT2D eigenvalue weighted by Crippen LogP contribution is -2.29. The summed E-state index contributed by atoms with van der Waals surface area (Å²) in [7, 11) is 1.58. The standard InChI is InChI=1S/C20H20ClNO2/c1-11-6-8-15(21)18-13-4-3-5-14(13)20(22-19(11)18)12-7-9-16(23)17(10-12)24-2/h3-4,6-10,13-14,20,22-23H,5H2,1-2H3. The number of nitrogens with one attached hydrogen (secondary N) is 1. The van der Waals surface area contributed by atoms with Crippen LogP contribution in [0.3, 0.4) is 0 Å². The number of anilines is 1. The van der Waals surface area contributed by atoms with Crippen molar-refractivity contribution in [1.29, 1.82) is 0 Å². The van der Waals surface area contributed by atoms with Crippen LogP contribution < -0.4 is 10.1 Å². The molecule has 3 unspecified atom stereocenters. The van der Waals surface area contributed by atoms with Crippen LogP contribution in [0.2, 0.25) is 5.02 Å². The minimum absolute atomic E-state index is 0.157. The Bertz CT molecular complexity index is 831. The normalized spacial score (nSPS) is 24.2. The second kappa shape index (κ2) is 5.75. The minimum atomic E-state index is 0.157. The molecule has 2 aliphatic rings. The van der Waals surface area contributed by atoms with Gasteiger partial charge in [-0.15, -0.1) is 0 Å². The summed E-state index contributed by atoms with van der Waals surface area (Å²) in [6, 6.07) is 9.80. The largest absolute Gasteiger partial charge is 0.504 e. The molecule has 2 aromatic rings. The van der Waals surface area contributed by atoms with Crippen molar-refractivity contribution in [2.75, 3.05) is 12.4 Å². The third kappa shape index (κ3) is 2.27. The van der Waals surface area contributed by atoms with Crippen LogP contribution in [-0.2, 0) is 0 Å². The molecular weight excluding hydrogens is 322 g/mol. The number of rotatable bonds is 2. The molecular formula is C20H20ClNO2. The number of fused-ring (bicyclic) bond motifs is 3. The highest BCUT2D eigenvalue weighted by Gasteiger charge is 2.39. The van der Waals surface area contributed by atoms with Gasteiger partial charge in [-0.1, -0.05) is 35.9 Å². The number of hydrogen-bond acceptors (Lipinski definition) is 3. The highest BCUT2D eigenvalue weighted by molar-refractivity contribution is 6.32. The maximum absolute atomic E-state index is 9.88. The van der Waals surface area contributed by atoms with Gasteiger partial charge in [0.2, 0.25) is 0 Å². The second-order valence-electron chi connectivity index (χ2n) is 6.56. The number of methoxy groups -OCH3 is 1. The first kappa shape index (κ1) is 15.4. The molecule has 0 saturated heterocycles. The number of aromatic hydroxyl groups is 1. The molecule has 0 fully saturated rings. The van der Waals surface area contributed by atoms with Gasteiger partial charge in [0.05, 0.1) is 13.2 Å². The van der Waals surface area contributed by atoms with E-state index in [1.807, 2.05) is 18.2 Å². The fourth-order valence-electron chi connectivity index (χ4n) is 4.03. The van der Waals surface area contributed by atoms with Crippen LogP contribution in [0.4, 0.5) is 5.69 Å². The molecule has 0 radical (unpaired) electrons. The van der Waals surface area contributed by atoms with Gasteiger partial charge in [0.25, 0.3) is 0 Å². The Hall–Kier alpha value is -2.13. The summed E-state index contributed by atoms with van der Waals surface area (Å²) < 4.78 is 5.29. The van der Waals surface area contributed by atoms with E-state index in [2.05, 4.69) is 30.5 Å². The number of ether oxygens (including phenoxy) is 1. The number of aryl methyl sites for hydroxylation is 1. The molecule has 4 rings (SSSR count). The third-order valence-corrected chi connectivity index (χ3v) is 5.57. The molecule has 3 atom stereocenters. The first-order chi connectivity index (χ1) is 11.6. The molecule has 0 saturated carbocycles. The van der Waals surface area contributed by atoms with Gasteiger partial charge in [-0.05, 0) is 48.6 Å². The molecule has 0 aromatic heterocycles. The van der Waals surface area contributed by atoms with Crippen LogP contribution in [0.1, 0.15) is 35.1 Å². The van der Waals surface area contributed by atoms with Crippen LogP contribution in [0.5, 0.6) is 11.5 Å². The van der Waals surface area contributed by atoms with Crippen molar-refractivity contribution in [3.05, 3.63) is 64.2 Å². The van der Waals surface area contributed by atoms with E-state index in [0.29, 0.717) is 17.6 Å². The Morgan fingerprint density at radius 1 is 1.25 bits per heavy atom. The van der Waals surface area contributed by atoms with Crippen molar-refractivity contribution in [2.24, 2.45) is 5.92 Å². The van der Waals surface area contributed by atoms with Crippen LogP contribution >= 0.6 is 11.6 Å². The van der Waals surface area contributed by atoms with Crippen molar-refractivity contribution < 1.29 is 9.84 Å². The van der Waals surface area contributed by atoms with Crippen molar-refractivity contribution >= 4 is 17.3 Å². The summed E-state index contributed by atoms with van der Waals surface area (Å²) >= 11 is 6.52. The van der Waals surface area contributed by atoms with Crippen molar-refractivity contribution in [3.63, 3.8) is 0 Å². The smallest absolute Gasteiger partial charge is 0.160 e. The van der Waals surface area contributed by atoms with E-state index >= 15 is 0 Å². The number of benzene rings is 2. The molecule has 124 valence electrons. The first-order valence-electron chi connectivity index (χ1n) is 8.19. The van der Waals surface area contributed by atoms with Gasteiger partial charge in [-0.2, -0.15) is 0 Å². The fraction of sp³-hybridized carbons (Fsp3) is 0.300. The molecule has 3 nitrogen and oxygen atoms in total. The van der Waals surface area contributed by atoms with Gasteiger partial charge in [0, 0.05) is 22.2 Å². The molecule has 4 heteroatoms. The predicted molar refractivity (Wildman–Crippen MR) is 97.2 cm³/mol. The third-order valence-electron chi connectivity index (χ3n) is 5.24. The average molecular weight is 342 g/mol. The maximum atomic E-state index is 9.88. The van der Waals surface area contributed by atoms with Gasteiger partial charge in [-0.25, -0.2) is 0 Å². The fourth-order valence-corrected chi connectivity index (χ4v) is 4.31. The van der Waals surface area contributed by atoms with Crippen LogP contribution in [0.25, 0.3) is 0 Å². The van der Waals surface area contributed by atoms with E-state index in [1.165, 1.54) is 11.1 Å². The SMILES string of the molecule is COc1cc(C2Nc3c(C)ccc(Cl)c3C3C=CCC32)ccc1O. The molecule has 2 N–H and O–H groups in total. The van der Waals surface area contributed by atoms with Crippen molar-refractivity contribution in [3.8, 4) is 11.5 Å². The van der Waals surface area contributed by atoms with E-state index < -0.39 is 0 Å². The molecule has 1 aliphatic carbocycles. The van der Waals surface area contributed by atoms with Gasteiger partial charge >= 0.3 is 0 Å². The van der Waals surface area contributed by atoms with Crippen molar-refractivity contribution in [2.45, 2.75) is 25.3 Å². The highest BCUT2D eigenvalue weighted by Crippen LogP contribution is 2.53. The Morgan fingerprint density at radius 3 is 2.88 bits per heavy atom. The van der Waals surface area contributed by atoms with E-state index in [9.17, 15) is 5.11 Å². The lowest BCUT2D eigenvalue weighted by atomic mass is 9.76. The number of allylic oxidation sites excluding steroid dienone is 2. The van der Waals surface area contributed by atoms with Crippen molar-refractivity contribution in [1.82, 2.24) is 0 Å². The zero-order chi connectivity index (χ0) is 16.8. The molecule has 0 amide bonds. The quantitative estimate of drug-likeness (QED) is 0.739. The monoisotopic (exact) mass is 341 g/mol. The van der Waals surface area contributed by atoms with Crippen LogP contribution in [-0.4, -0.2) is 12.2 Å². The number of phenols is 1. The van der Waals surface area contributed by atoms with E-state index in [0.717, 1.165) is 22.7 Å². The summed E-state index contributed by atoms with van der Waals surface area (Å²) in [5, 5.41) is 14.4. The minimum Gasteiger partial charge on any atom is -0.504 e. The Balaban J connectivity index is 1.83. The summed E-state index contributed by atoms with van der Waals surface area (Å²) in [6.07, 6.45) is 5.53. The topological polar surface area (TPSA) is 41.5 Å². The first-order valence-corrected chi connectivity index (χ1v) is 8.57. The molecule has 1 heterocycles. The van der Waals surface area contributed by atoms with Crippen LogP contribution in [0, 0.1) is 12.8 Å². The average Bonchev–Trinajstić information content (AvgIpc) is 3.07. The molecule has 0 bridgehead atoms. The summed E-state index contributed by atoms with van der Waals surface area (Å²) in [4.78, 5) is 0. The molecule has 0 spiro atoms. The Morgan fingerprint density at radius 2 is 2.08 bits per heavy atom. The molecule has 1 aliphatic heterocycles. The van der Waals surface area contributed by atoms with E-state index in [4.69, 9.17) is 16.3 Å². The van der Waals surface area contributed by atoms with E-state index in [1.54, 1.807) is 13.2 Å². The highest BCUT2D eigenvalue weighted by atomic mass is 35.5. The Labute approximate surface area is 146 Å². The van der Waals surface area contributed by atoms with Gasteiger partial charge in [0.1, 0.15) is 0 Å². The second-order valence-corrected chi connectivity index (χ2v) is 6.97. The lowest BCUT2D eigenvalue weighted by molar-refractivity contribution is 0.370. The Kier molecular flexibility index (Phi) is 3.69. The van der Waals surface area contributed by atoms with Gasteiger partial charge < -0.3 is 15.2 Å². The zero-order valence-corrected chi connectivity index (χ0v) is 14.5. The molecule has 2 aromatic carbocycles. The number of phenolic OH excluding ortho intramolecular Hbond substituents is 1. The summed E-state index contributed by atoms with van der Waals surface area (Å²) in [5.74, 6) is 1.40. The number of halogens is 1. The maximum Gasteiger partial charge on any atom is 0.160 e. The number of hydrogen-bond donors (Lipinski definition) is 2.